The number of aryl methyl sites for hydroxylation is 1. The van der Waals surface area contributed by atoms with Crippen LogP contribution in [0.1, 0.15) is 11.1 Å². The maximum absolute atomic E-state index is 12.2. The minimum absolute atomic E-state index is 0.0487. The van der Waals surface area contributed by atoms with Crippen LogP contribution in [0.5, 0.6) is 0 Å². The molecular weight excluding hydrogens is 252 g/mol. The van der Waals surface area contributed by atoms with Crippen molar-refractivity contribution in [2.24, 2.45) is 0 Å². The van der Waals surface area contributed by atoms with Crippen LogP contribution in [0.25, 0.3) is 0 Å². The molecule has 0 unspecified atom stereocenters. The lowest BCUT2D eigenvalue weighted by Crippen LogP contribution is -2.50. The van der Waals surface area contributed by atoms with Crippen molar-refractivity contribution in [2.45, 2.75) is 12.7 Å². The zero-order valence-corrected chi connectivity index (χ0v) is 11.0. The first-order chi connectivity index (χ1) is 8.49. The van der Waals surface area contributed by atoms with Crippen LogP contribution in [0.15, 0.2) is 24.3 Å². The molecule has 0 atom stereocenters. The van der Waals surface area contributed by atoms with E-state index in [1.807, 2.05) is 25.1 Å². The summed E-state index contributed by atoms with van der Waals surface area (Å²) in [6, 6.07) is 7.38. The highest BCUT2D eigenvalue weighted by atomic mass is 32.2. The van der Waals surface area contributed by atoms with Crippen molar-refractivity contribution in [3.05, 3.63) is 35.4 Å². The molecule has 1 aromatic carbocycles. The molecule has 1 fully saturated rings. The number of hydrogen-bond donors (Lipinski definition) is 1. The van der Waals surface area contributed by atoms with Gasteiger partial charge in [0.15, 0.2) is 0 Å². The summed E-state index contributed by atoms with van der Waals surface area (Å²) in [6.45, 7) is 2.54. The van der Waals surface area contributed by atoms with Crippen LogP contribution in [0.2, 0.25) is 0 Å². The van der Waals surface area contributed by atoms with E-state index in [0.717, 1.165) is 11.1 Å². The highest BCUT2D eigenvalue weighted by Crippen LogP contribution is 2.15. The fourth-order valence-corrected chi connectivity index (χ4v) is 3.50. The molecule has 0 bridgehead atoms. The normalized spacial score (nSPS) is 17.5. The molecule has 1 aliphatic heterocycles. The molecule has 0 radical (unpaired) electrons. The van der Waals surface area contributed by atoms with Crippen LogP contribution in [0, 0.1) is 6.92 Å². The first kappa shape index (κ1) is 13.0. The van der Waals surface area contributed by atoms with Gasteiger partial charge < -0.3 is 5.32 Å². The quantitative estimate of drug-likeness (QED) is 0.855. The molecule has 1 heterocycles. The Labute approximate surface area is 107 Å². The zero-order chi connectivity index (χ0) is 13.2. The number of piperazine rings is 1. The van der Waals surface area contributed by atoms with Gasteiger partial charge in [-0.3, -0.25) is 4.79 Å². The van der Waals surface area contributed by atoms with Gasteiger partial charge in [0, 0.05) is 13.1 Å². The smallest absolute Gasteiger partial charge is 0.235 e. The van der Waals surface area contributed by atoms with Gasteiger partial charge in [-0.15, -0.1) is 0 Å². The minimum atomic E-state index is -3.42. The number of carbonyl (C=O) groups is 1. The molecule has 1 amide bonds. The number of carbonyl (C=O) groups excluding carboxylic acids is 1. The largest absolute Gasteiger partial charge is 0.354 e. The molecule has 1 aromatic rings. The van der Waals surface area contributed by atoms with Gasteiger partial charge in [0.05, 0.1) is 12.3 Å². The van der Waals surface area contributed by atoms with Crippen molar-refractivity contribution in [2.75, 3.05) is 19.6 Å². The van der Waals surface area contributed by atoms with Gasteiger partial charge in [-0.2, -0.15) is 4.31 Å². The molecular formula is C12H16N2O3S. The van der Waals surface area contributed by atoms with E-state index in [1.165, 1.54) is 4.31 Å². The summed E-state index contributed by atoms with van der Waals surface area (Å²) < 4.78 is 25.6. The second kappa shape index (κ2) is 5.07. The molecule has 0 aromatic heterocycles. The van der Waals surface area contributed by atoms with E-state index < -0.39 is 10.0 Å². The van der Waals surface area contributed by atoms with E-state index in [0.29, 0.717) is 13.1 Å². The number of sulfonamides is 1. The fraction of sp³-hybridized carbons (Fsp3) is 0.417. The van der Waals surface area contributed by atoms with Crippen molar-refractivity contribution >= 4 is 15.9 Å². The molecule has 18 heavy (non-hydrogen) atoms. The Morgan fingerprint density at radius 2 is 2.06 bits per heavy atom. The third kappa shape index (κ3) is 2.88. The maximum atomic E-state index is 12.2. The lowest BCUT2D eigenvalue weighted by atomic mass is 10.1. The first-order valence-electron chi connectivity index (χ1n) is 5.78. The van der Waals surface area contributed by atoms with E-state index >= 15 is 0 Å². The third-order valence-electron chi connectivity index (χ3n) is 3.00. The molecule has 0 saturated carbocycles. The monoisotopic (exact) mass is 268 g/mol. The summed E-state index contributed by atoms with van der Waals surface area (Å²) >= 11 is 0. The first-order valence-corrected chi connectivity index (χ1v) is 7.39. The van der Waals surface area contributed by atoms with Gasteiger partial charge in [-0.25, -0.2) is 8.42 Å². The molecule has 1 N–H and O–H groups in total. The summed E-state index contributed by atoms with van der Waals surface area (Å²) in [6.07, 6.45) is 0. The number of rotatable bonds is 3. The average Bonchev–Trinajstić information content (AvgIpc) is 2.32. The molecule has 6 heteroatoms. The van der Waals surface area contributed by atoms with Gasteiger partial charge in [0.2, 0.25) is 15.9 Å². The van der Waals surface area contributed by atoms with E-state index in [1.54, 1.807) is 6.07 Å². The number of nitrogens with zero attached hydrogens (tertiary/aromatic N) is 1. The highest BCUT2D eigenvalue weighted by Gasteiger charge is 2.27. The topological polar surface area (TPSA) is 66.5 Å². The summed E-state index contributed by atoms with van der Waals surface area (Å²) in [5.74, 6) is -0.290. The van der Waals surface area contributed by atoms with Crippen molar-refractivity contribution in [3.63, 3.8) is 0 Å². The summed E-state index contributed by atoms with van der Waals surface area (Å²) in [5.41, 5.74) is 1.73. The van der Waals surface area contributed by atoms with Crippen molar-refractivity contribution in [1.29, 1.82) is 0 Å². The Bertz CT molecular complexity index is 554. The van der Waals surface area contributed by atoms with Crippen LogP contribution in [-0.2, 0) is 20.6 Å². The highest BCUT2D eigenvalue weighted by molar-refractivity contribution is 7.88. The molecule has 0 spiro atoms. The molecule has 2 rings (SSSR count). The molecule has 0 aliphatic carbocycles. The minimum Gasteiger partial charge on any atom is -0.354 e. The Kier molecular flexibility index (Phi) is 3.68. The fourth-order valence-electron chi connectivity index (χ4n) is 1.91. The van der Waals surface area contributed by atoms with Gasteiger partial charge >= 0.3 is 0 Å². The van der Waals surface area contributed by atoms with Crippen LogP contribution < -0.4 is 5.32 Å². The van der Waals surface area contributed by atoms with Gasteiger partial charge in [0.1, 0.15) is 0 Å². The van der Waals surface area contributed by atoms with Gasteiger partial charge in [-0.05, 0) is 18.1 Å². The number of amides is 1. The van der Waals surface area contributed by atoms with Gasteiger partial charge in [-0.1, -0.05) is 24.3 Å². The predicted octanol–water partition coefficient (Wildman–Crippen LogP) is 0.257. The average molecular weight is 268 g/mol. The van der Waals surface area contributed by atoms with E-state index in [4.69, 9.17) is 0 Å². The second-order valence-corrected chi connectivity index (χ2v) is 6.34. The van der Waals surface area contributed by atoms with Crippen LogP contribution >= 0.6 is 0 Å². The number of nitrogens with one attached hydrogen (secondary N) is 1. The van der Waals surface area contributed by atoms with E-state index in [2.05, 4.69) is 5.32 Å². The van der Waals surface area contributed by atoms with Crippen molar-refractivity contribution in [1.82, 2.24) is 9.62 Å². The van der Waals surface area contributed by atoms with Crippen LogP contribution in [-0.4, -0.2) is 38.3 Å². The Morgan fingerprint density at radius 1 is 1.33 bits per heavy atom. The Morgan fingerprint density at radius 3 is 2.72 bits per heavy atom. The van der Waals surface area contributed by atoms with Crippen LogP contribution in [0.4, 0.5) is 0 Å². The predicted molar refractivity (Wildman–Crippen MR) is 68.4 cm³/mol. The maximum Gasteiger partial charge on any atom is 0.235 e. The molecule has 1 aliphatic rings. The molecule has 1 saturated heterocycles. The standard InChI is InChI=1S/C12H16N2O3S/c1-10-4-2-3-5-11(10)9-18(16,17)14-7-6-13-12(15)8-14/h2-5H,6-9H2,1H3,(H,13,15). The van der Waals surface area contributed by atoms with E-state index in [9.17, 15) is 13.2 Å². The zero-order valence-electron chi connectivity index (χ0n) is 10.2. The summed E-state index contributed by atoms with van der Waals surface area (Å²) in [7, 11) is -3.42. The summed E-state index contributed by atoms with van der Waals surface area (Å²) in [5, 5.41) is 2.61. The Balaban J connectivity index is 2.17. The lowest BCUT2D eigenvalue weighted by molar-refractivity contribution is -0.122. The van der Waals surface area contributed by atoms with Crippen LogP contribution in [0.3, 0.4) is 0 Å². The number of benzene rings is 1. The van der Waals surface area contributed by atoms with E-state index in [-0.39, 0.29) is 18.2 Å². The lowest BCUT2D eigenvalue weighted by Gasteiger charge is -2.26. The van der Waals surface area contributed by atoms with Crippen molar-refractivity contribution < 1.29 is 13.2 Å². The molecule has 98 valence electrons. The Hall–Kier alpha value is -1.40. The number of hydrogen-bond acceptors (Lipinski definition) is 3. The summed E-state index contributed by atoms with van der Waals surface area (Å²) in [4.78, 5) is 11.2. The van der Waals surface area contributed by atoms with Crippen molar-refractivity contribution in [3.8, 4) is 0 Å². The third-order valence-corrected chi connectivity index (χ3v) is 4.77. The second-order valence-electron chi connectivity index (χ2n) is 4.37. The van der Waals surface area contributed by atoms with Gasteiger partial charge in [0.25, 0.3) is 0 Å². The molecule has 5 nitrogen and oxygen atoms in total. The SMILES string of the molecule is Cc1ccccc1CS(=O)(=O)N1CCNC(=O)C1.